The second kappa shape index (κ2) is 7.46. The Morgan fingerprint density at radius 2 is 2.23 bits per heavy atom. The van der Waals surface area contributed by atoms with Crippen LogP contribution in [0.2, 0.25) is 0 Å². The summed E-state index contributed by atoms with van der Waals surface area (Å²) in [7, 11) is 1.84. The highest BCUT2D eigenvalue weighted by Crippen LogP contribution is 2.73. The lowest BCUT2D eigenvalue weighted by Crippen LogP contribution is -2.33. The van der Waals surface area contributed by atoms with Gasteiger partial charge >= 0.3 is 0 Å². The van der Waals surface area contributed by atoms with Gasteiger partial charge in [-0.05, 0) is 12.2 Å². The molecule has 1 heterocycles. The summed E-state index contributed by atoms with van der Waals surface area (Å²) in [4.78, 5) is 0. The maximum absolute atomic E-state index is 4.97. The van der Waals surface area contributed by atoms with Gasteiger partial charge < -0.3 is 10.6 Å². The predicted molar refractivity (Wildman–Crippen MR) is 74.0 cm³/mol. The summed E-state index contributed by atoms with van der Waals surface area (Å²) in [5.41, 5.74) is 0.166. The number of hydrogen-bond donors (Lipinski definition) is 2. The van der Waals surface area contributed by atoms with Gasteiger partial charge in [0.15, 0.2) is 5.11 Å². The van der Waals surface area contributed by atoms with E-state index in [0.717, 1.165) is 17.4 Å². The molecule has 0 aromatic carbocycles. The van der Waals surface area contributed by atoms with Crippen molar-refractivity contribution in [3.63, 3.8) is 0 Å². The summed E-state index contributed by atoms with van der Waals surface area (Å²) in [5.74, 6) is 3.84. The lowest BCUT2D eigenvalue weighted by molar-refractivity contribution is 0.945. The Hall–Kier alpha value is 1.17. The number of nitrogens with one attached hydrogen (secondary N) is 2. The van der Waals surface area contributed by atoms with Gasteiger partial charge in [-0.25, -0.2) is 0 Å². The topological polar surface area (TPSA) is 24.1 Å². The highest BCUT2D eigenvalue weighted by Gasteiger charge is 2.15. The van der Waals surface area contributed by atoms with Crippen LogP contribution in [0.1, 0.15) is 0 Å². The Kier molecular flexibility index (Phi) is 7.02. The van der Waals surface area contributed by atoms with Crippen LogP contribution in [0.4, 0.5) is 0 Å². The Morgan fingerprint density at radius 3 is 2.85 bits per heavy atom. The molecule has 0 radical (unpaired) electrons. The summed E-state index contributed by atoms with van der Waals surface area (Å²) >= 11 is 11.3. The maximum atomic E-state index is 4.97. The zero-order valence-corrected chi connectivity index (χ0v) is 11.6. The van der Waals surface area contributed by atoms with E-state index in [2.05, 4.69) is 44.8 Å². The first-order valence-corrected chi connectivity index (χ1v) is 10.5. The van der Waals surface area contributed by atoms with Crippen molar-refractivity contribution in [2.75, 3.05) is 30.9 Å². The van der Waals surface area contributed by atoms with Crippen molar-refractivity contribution < 1.29 is 0 Å². The lowest BCUT2D eigenvalue weighted by atomic mass is 10.7. The molecule has 0 atom stereocenters. The van der Waals surface area contributed by atoms with Gasteiger partial charge in [-0.1, -0.05) is 0 Å². The Bertz CT molecular complexity index is 163. The van der Waals surface area contributed by atoms with Gasteiger partial charge in [0.05, 0.1) is 5.53 Å². The molecule has 1 fully saturated rings. The van der Waals surface area contributed by atoms with E-state index < -0.39 is 0 Å². The van der Waals surface area contributed by atoms with Crippen molar-refractivity contribution in [1.29, 1.82) is 0 Å². The molecule has 0 aromatic heterocycles. The number of hydrogen-bond acceptors (Lipinski definition) is 4. The standard InChI is InChI=1S/C6H13N2PS4/c1-7-6(10)8-2-3-11-9-12-4-5-13-9/h2-5H2,1H3,(H2,7,8,10). The quantitative estimate of drug-likeness (QED) is 0.463. The summed E-state index contributed by atoms with van der Waals surface area (Å²) < 4.78 is 0. The van der Waals surface area contributed by atoms with E-state index >= 15 is 0 Å². The first-order valence-electron chi connectivity index (χ1n) is 3.97. The monoisotopic (exact) mass is 272 g/mol. The van der Waals surface area contributed by atoms with Crippen LogP contribution in [-0.2, 0) is 0 Å². The van der Waals surface area contributed by atoms with Gasteiger partial charge in [0.25, 0.3) is 0 Å². The fourth-order valence-electron chi connectivity index (χ4n) is 0.709. The van der Waals surface area contributed by atoms with Crippen molar-refractivity contribution in [3.05, 3.63) is 0 Å². The van der Waals surface area contributed by atoms with Gasteiger partial charge in [-0.3, -0.25) is 0 Å². The first kappa shape index (κ1) is 12.2. The minimum absolute atomic E-state index is 0.166. The highest BCUT2D eigenvalue weighted by atomic mass is 33.4. The fraction of sp³-hybridized carbons (Fsp3) is 0.833. The predicted octanol–water partition coefficient (Wildman–Crippen LogP) is 2.52. The van der Waals surface area contributed by atoms with Crippen molar-refractivity contribution in [2.24, 2.45) is 0 Å². The normalized spacial score (nSPS) is 17.3. The third-order valence-corrected chi connectivity index (χ3v) is 12.9. The third kappa shape index (κ3) is 5.57. The van der Waals surface area contributed by atoms with Crippen molar-refractivity contribution in [3.8, 4) is 0 Å². The van der Waals surface area contributed by atoms with Crippen LogP contribution >= 0.6 is 51.9 Å². The van der Waals surface area contributed by atoms with Crippen molar-refractivity contribution >= 4 is 57.0 Å². The second-order valence-electron chi connectivity index (χ2n) is 2.23. The van der Waals surface area contributed by atoms with Gasteiger partial charge in [0.2, 0.25) is 0 Å². The second-order valence-corrected chi connectivity index (χ2v) is 12.8. The van der Waals surface area contributed by atoms with E-state index in [-0.39, 0.29) is 5.53 Å². The fourth-order valence-corrected chi connectivity index (χ4v) is 11.9. The summed E-state index contributed by atoms with van der Waals surface area (Å²) in [6.45, 7) is 0.976. The molecule has 2 nitrogen and oxygen atoms in total. The molecule has 0 amide bonds. The Labute approximate surface area is 98.1 Å². The first-order chi connectivity index (χ1) is 6.33. The summed E-state index contributed by atoms with van der Waals surface area (Å²) in [6.07, 6.45) is 0. The zero-order chi connectivity index (χ0) is 9.52. The van der Waals surface area contributed by atoms with Gasteiger partial charge in [-0.15, -0.1) is 34.1 Å². The van der Waals surface area contributed by atoms with E-state index in [1.54, 1.807) is 0 Å². The summed E-state index contributed by atoms with van der Waals surface area (Å²) in [6, 6.07) is 0. The van der Waals surface area contributed by atoms with Crippen LogP contribution < -0.4 is 10.6 Å². The van der Waals surface area contributed by atoms with E-state index in [1.165, 1.54) is 11.5 Å². The molecule has 76 valence electrons. The van der Waals surface area contributed by atoms with E-state index in [4.69, 9.17) is 12.2 Å². The average molecular weight is 272 g/mol. The maximum Gasteiger partial charge on any atom is 0.166 e. The SMILES string of the molecule is CNC(=S)NCCSP1SCCS1. The minimum Gasteiger partial charge on any atom is -0.366 e. The molecule has 1 rings (SSSR count). The molecule has 13 heavy (non-hydrogen) atoms. The molecular formula is C6H13N2PS4. The third-order valence-electron chi connectivity index (χ3n) is 1.29. The molecule has 0 bridgehead atoms. The Morgan fingerprint density at radius 1 is 1.54 bits per heavy atom. The highest BCUT2D eigenvalue weighted by molar-refractivity contribution is 9.13. The lowest BCUT2D eigenvalue weighted by Gasteiger charge is -2.08. The van der Waals surface area contributed by atoms with E-state index in [1.807, 2.05) is 7.05 Å². The van der Waals surface area contributed by atoms with Crippen LogP contribution in [0, 0.1) is 0 Å². The molecule has 1 aliphatic rings. The molecule has 0 saturated carbocycles. The van der Waals surface area contributed by atoms with Crippen LogP contribution in [0.3, 0.4) is 0 Å². The number of thiocarbonyl (C=S) groups is 1. The molecule has 0 unspecified atom stereocenters. The molecule has 1 saturated heterocycles. The minimum atomic E-state index is 0.166. The largest absolute Gasteiger partial charge is 0.366 e. The van der Waals surface area contributed by atoms with Crippen LogP contribution in [0.15, 0.2) is 0 Å². The van der Waals surface area contributed by atoms with Gasteiger partial charge in [-0.2, -0.15) is 0 Å². The van der Waals surface area contributed by atoms with Crippen LogP contribution in [-0.4, -0.2) is 36.0 Å². The van der Waals surface area contributed by atoms with Gasteiger partial charge in [0.1, 0.15) is 0 Å². The van der Waals surface area contributed by atoms with Crippen molar-refractivity contribution in [1.82, 2.24) is 10.6 Å². The molecule has 0 aromatic rings. The average Bonchev–Trinajstić information content (AvgIpc) is 2.64. The number of rotatable bonds is 4. The van der Waals surface area contributed by atoms with E-state index in [9.17, 15) is 0 Å². The molecule has 0 spiro atoms. The van der Waals surface area contributed by atoms with Crippen LogP contribution in [0.25, 0.3) is 0 Å². The molecule has 0 aliphatic carbocycles. The van der Waals surface area contributed by atoms with Crippen LogP contribution in [0.5, 0.6) is 0 Å². The molecule has 1 aliphatic heterocycles. The molecule has 2 N–H and O–H groups in total. The van der Waals surface area contributed by atoms with Gasteiger partial charge in [0, 0.05) is 30.9 Å². The van der Waals surface area contributed by atoms with Crippen molar-refractivity contribution in [2.45, 2.75) is 0 Å². The van der Waals surface area contributed by atoms with E-state index in [0.29, 0.717) is 0 Å². The Balaban J connectivity index is 1.91. The molecular weight excluding hydrogens is 259 g/mol. The smallest absolute Gasteiger partial charge is 0.166 e. The zero-order valence-electron chi connectivity index (χ0n) is 7.41. The molecule has 7 heteroatoms. The summed E-state index contributed by atoms with van der Waals surface area (Å²) in [5, 5.41) is 6.80.